The first-order chi connectivity index (χ1) is 2.94. The van der Waals surface area contributed by atoms with E-state index in [4.69, 9.17) is 9.90 Å². The SMILES string of the molecule is O=C(O)C(F)(F)F.[Pr]. The molecule has 0 aromatic rings. The summed E-state index contributed by atoms with van der Waals surface area (Å²) in [5.41, 5.74) is 0. The molecule has 0 rings (SSSR count). The quantitative estimate of drug-likeness (QED) is 0.689. The molecule has 6 heteroatoms. The van der Waals surface area contributed by atoms with Gasteiger partial charge in [-0.1, -0.05) is 0 Å². The molecule has 0 saturated heterocycles. The molecule has 0 aliphatic heterocycles. The van der Waals surface area contributed by atoms with Crippen molar-refractivity contribution in [1.82, 2.24) is 0 Å². The minimum absolute atomic E-state index is 0. The number of aliphatic carboxylic acids is 1. The summed E-state index contributed by atoms with van der Waals surface area (Å²) in [6.07, 6.45) is -5.08. The monoisotopic (exact) mass is 255 g/mol. The van der Waals surface area contributed by atoms with Crippen LogP contribution < -0.4 is 0 Å². The predicted molar refractivity (Wildman–Crippen MR) is 13.7 cm³/mol. The third kappa shape index (κ3) is 4.77. The molecular weight excluding hydrogens is 254 g/mol. The second-order valence-electron chi connectivity index (χ2n) is 0.803. The van der Waals surface area contributed by atoms with E-state index in [1.165, 1.54) is 0 Å². The molecule has 0 fully saturated rings. The summed E-state index contributed by atoms with van der Waals surface area (Å²) >= 11 is 0. The number of carbonyl (C=O) groups is 1. The van der Waals surface area contributed by atoms with Crippen LogP contribution in [0.2, 0.25) is 0 Å². The fraction of sp³-hybridized carbons (Fsp3) is 0.500. The van der Waals surface area contributed by atoms with Gasteiger partial charge in [0.25, 0.3) is 0 Å². The van der Waals surface area contributed by atoms with Crippen LogP contribution in [-0.4, -0.2) is 17.3 Å². The Kier molecular flexibility index (Phi) is 5.16. The summed E-state index contributed by atoms with van der Waals surface area (Å²) in [5, 5.41) is 7.12. The minimum Gasteiger partial charge on any atom is -0.475 e. The van der Waals surface area contributed by atoms with Crippen LogP contribution in [0.5, 0.6) is 0 Å². The molecule has 1 N–H and O–H groups in total. The van der Waals surface area contributed by atoms with E-state index in [9.17, 15) is 13.2 Å². The molecule has 1 radical (unpaired) electrons. The van der Waals surface area contributed by atoms with Crippen LogP contribution in [0.4, 0.5) is 13.2 Å². The number of carboxylic acid groups (broad SMARTS) is 1. The fourth-order valence-electron chi connectivity index (χ4n) is 0. The summed E-state index contributed by atoms with van der Waals surface area (Å²) in [4.78, 5) is 8.90. The molecule has 0 amide bonds. The van der Waals surface area contributed by atoms with Gasteiger partial charge in [-0.15, -0.1) is 0 Å². The largest absolute Gasteiger partial charge is 0.490 e. The maximum atomic E-state index is 10.6. The van der Waals surface area contributed by atoms with E-state index < -0.39 is 12.1 Å². The number of halogens is 3. The van der Waals surface area contributed by atoms with Crippen molar-refractivity contribution in [3.63, 3.8) is 0 Å². The van der Waals surface area contributed by atoms with Crippen molar-refractivity contribution in [2.45, 2.75) is 6.18 Å². The Bertz CT molecular complexity index is 87.8. The van der Waals surface area contributed by atoms with Gasteiger partial charge in [0, 0.05) is 41.3 Å². The summed E-state index contributed by atoms with van der Waals surface area (Å²) < 4.78 is 31.7. The summed E-state index contributed by atoms with van der Waals surface area (Å²) in [6.45, 7) is 0. The molecule has 45 valence electrons. The summed E-state index contributed by atoms with van der Waals surface area (Å²) in [6, 6.07) is 0. The van der Waals surface area contributed by atoms with Crippen LogP contribution in [-0.2, 0) is 4.79 Å². The topological polar surface area (TPSA) is 37.3 Å². The predicted octanol–water partition coefficient (Wildman–Crippen LogP) is 0.633. The second kappa shape index (κ2) is 3.61. The van der Waals surface area contributed by atoms with Crippen molar-refractivity contribution in [3.8, 4) is 0 Å². The van der Waals surface area contributed by atoms with E-state index in [2.05, 4.69) is 0 Å². The molecular formula is C2HF3O2Pr. The Labute approximate surface area is 76.0 Å². The van der Waals surface area contributed by atoms with Gasteiger partial charge in [-0.25, -0.2) is 4.79 Å². The van der Waals surface area contributed by atoms with Crippen molar-refractivity contribution in [3.05, 3.63) is 0 Å². The van der Waals surface area contributed by atoms with E-state index in [0.29, 0.717) is 0 Å². The smallest absolute Gasteiger partial charge is 0.475 e. The minimum atomic E-state index is -5.08. The van der Waals surface area contributed by atoms with Crippen LogP contribution in [0.15, 0.2) is 0 Å². The van der Waals surface area contributed by atoms with E-state index in [1.54, 1.807) is 0 Å². The zero-order valence-corrected chi connectivity index (χ0v) is 7.27. The van der Waals surface area contributed by atoms with E-state index in [0.717, 1.165) is 0 Å². The van der Waals surface area contributed by atoms with Crippen molar-refractivity contribution >= 4 is 5.97 Å². The van der Waals surface area contributed by atoms with E-state index in [1.807, 2.05) is 0 Å². The van der Waals surface area contributed by atoms with Gasteiger partial charge in [0.1, 0.15) is 0 Å². The molecule has 2 nitrogen and oxygen atoms in total. The van der Waals surface area contributed by atoms with Gasteiger partial charge in [0.2, 0.25) is 0 Å². The van der Waals surface area contributed by atoms with Gasteiger partial charge in [-0.05, 0) is 0 Å². The normalized spacial score (nSPS) is 9.88. The van der Waals surface area contributed by atoms with Gasteiger partial charge in [-0.3, -0.25) is 0 Å². The van der Waals surface area contributed by atoms with Crippen LogP contribution in [0.25, 0.3) is 0 Å². The molecule has 0 aliphatic carbocycles. The van der Waals surface area contributed by atoms with Gasteiger partial charge in [-0.2, -0.15) is 13.2 Å². The number of alkyl halides is 3. The standard InChI is InChI=1S/C2HF3O2.Pr/c3-2(4,5)1(6)7;/h(H,6,7);. The molecule has 0 bridgehead atoms. The maximum absolute atomic E-state index is 10.6. The molecule has 0 aromatic heterocycles. The first kappa shape index (κ1) is 11.4. The van der Waals surface area contributed by atoms with Gasteiger partial charge < -0.3 is 5.11 Å². The molecule has 8 heavy (non-hydrogen) atoms. The van der Waals surface area contributed by atoms with Gasteiger partial charge in [0.15, 0.2) is 0 Å². The molecule has 0 unspecified atom stereocenters. The average molecular weight is 255 g/mol. The Morgan fingerprint density at radius 1 is 1.38 bits per heavy atom. The zero-order valence-electron chi connectivity index (χ0n) is 3.57. The third-order valence-corrected chi connectivity index (χ3v) is 0.243. The first-order valence-electron chi connectivity index (χ1n) is 1.24. The Hall–Kier alpha value is 0.624. The molecule has 0 saturated carbocycles. The van der Waals surface area contributed by atoms with Crippen molar-refractivity contribution < 1.29 is 64.4 Å². The molecule has 0 aliphatic rings. The first-order valence-corrected chi connectivity index (χ1v) is 1.24. The number of hydrogen-bond acceptors (Lipinski definition) is 1. The fourth-order valence-corrected chi connectivity index (χ4v) is 0. The van der Waals surface area contributed by atoms with Crippen LogP contribution in [0, 0.1) is 41.3 Å². The summed E-state index contributed by atoms with van der Waals surface area (Å²) in [7, 11) is 0. The molecule has 0 heterocycles. The summed E-state index contributed by atoms with van der Waals surface area (Å²) in [5.74, 6) is -2.76. The molecule has 0 aromatic carbocycles. The Balaban J connectivity index is 0. The Morgan fingerprint density at radius 2 is 1.50 bits per heavy atom. The van der Waals surface area contributed by atoms with Gasteiger partial charge in [0.05, 0.1) is 0 Å². The number of rotatable bonds is 0. The third-order valence-electron chi connectivity index (χ3n) is 0.243. The maximum Gasteiger partial charge on any atom is 0.490 e. The van der Waals surface area contributed by atoms with Crippen LogP contribution >= 0.6 is 0 Å². The van der Waals surface area contributed by atoms with Crippen molar-refractivity contribution in [2.75, 3.05) is 0 Å². The molecule has 0 spiro atoms. The van der Waals surface area contributed by atoms with Crippen molar-refractivity contribution in [2.24, 2.45) is 0 Å². The van der Waals surface area contributed by atoms with Crippen LogP contribution in [0.3, 0.4) is 0 Å². The second-order valence-corrected chi connectivity index (χ2v) is 0.803. The molecule has 0 atom stereocenters. The average Bonchev–Trinajstić information content (AvgIpc) is 1.31. The number of hydrogen-bond donors (Lipinski definition) is 1. The number of carboxylic acids is 1. The Morgan fingerprint density at radius 3 is 1.50 bits per heavy atom. The van der Waals surface area contributed by atoms with Crippen molar-refractivity contribution in [1.29, 1.82) is 0 Å². The van der Waals surface area contributed by atoms with E-state index >= 15 is 0 Å². The van der Waals surface area contributed by atoms with E-state index in [-0.39, 0.29) is 41.3 Å². The van der Waals surface area contributed by atoms with Gasteiger partial charge >= 0.3 is 12.1 Å². The zero-order chi connectivity index (χ0) is 6.08. The van der Waals surface area contributed by atoms with Crippen LogP contribution in [0.1, 0.15) is 0 Å².